The first kappa shape index (κ1) is 15.2. The van der Waals surface area contributed by atoms with Crippen LogP contribution in [0.15, 0.2) is 18.5 Å². The first-order valence-electron chi connectivity index (χ1n) is 7.40. The molecule has 0 unspecified atom stereocenters. The molecule has 0 spiro atoms. The number of nitrogens with zero attached hydrogens (tertiary/aromatic N) is 3. The predicted octanol–water partition coefficient (Wildman–Crippen LogP) is 5.86. The summed E-state index contributed by atoms with van der Waals surface area (Å²) in [5, 5.41) is 0.428. The number of aromatic nitrogens is 3. The second-order valence-electron chi connectivity index (χ2n) is 5.64. The Kier molecular flexibility index (Phi) is 3.95. The monoisotopic (exact) mass is 367 g/mol. The fourth-order valence-electron chi connectivity index (χ4n) is 3.20. The average molecular weight is 368 g/mol. The van der Waals surface area contributed by atoms with Gasteiger partial charge in [-0.1, -0.05) is 24.4 Å². The summed E-state index contributed by atoms with van der Waals surface area (Å²) in [5.41, 5.74) is 2.10. The van der Waals surface area contributed by atoms with Crippen LogP contribution < -0.4 is 0 Å². The highest BCUT2D eigenvalue weighted by atomic mass is 35.5. The van der Waals surface area contributed by atoms with E-state index in [1.54, 1.807) is 6.20 Å². The Labute approximate surface area is 146 Å². The second kappa shape index (κ2) is 5.96. The summed E-state index contributed by atoms with van der Waals surface area (Å²) >= 11 is 13.7. The molecule has 118 valence electrons. The number of hydrogen-bond donors (Lipinski definition) is 0. The van der Waals surface area contributed by atoms with Crippen molar-refractivity contribution in [1.82, 2.24) is 15.0 Å². The lowest BCUT2D eigenvalue weighted by atomic mass is 9.98. The quantitative estimate of drug-likeness (QED) is 0.532. The summed E-state index contributed by atoms with van der Waals surface area (Å²) in [5.74, 6) is -0.00725. The van der Waals surface area contributed by atoms with Crippen LogP contribution in [-0.4, -0.2) is 15.0 Å². The Morgan fingerprint density at radius 3 is 2.74 bits per heavy atom. The van der Waals surface area contributed by atoms with Crippen molar-refractivity contribution in [2.75, 3.05) is 0 Å². The summed E-state index contributed by atoms with van der Waals surface area (Å²) in [6.45, 7) is 0. The molecule has 23 heavy (non-hydrogen) atoms. The summed E-state index contributed by atoms with van der Waals surface area (Å²) in [7, 11) is 0. The van der Waals surface area contributed by atoms with Crippen LogP contribution in [0, 0.1) is 5.82 Å². The first-order chi connectivity index (χ1) is 11.1. The van der Waals surface area contributed by atoms with Crippen LogP contribution in [0.25, 0.3) is 20.8 Å². The molecule has 0 aromatic carbocycles. The van der Waals surface area contributed by atoms with E-state index >= 15 is 0 Å². The average Bonchev–Trinajstić information content (AvgIpc) is 3.18. The molecule has 1 aliphatic rings. The van der Waals surface area contributed by atoms with Gasteiger partial charge in [-0.3, -0.25) is 4.98 Å². The molecule has 3 aromatic rings. The van der Waals surface area contributed by atoms with Gasteiger partial charge in [-0.2, -0.15) is 0 Å². The van der Waals surface area contributed by atoms with Gasteiger partial charge in [-0.05, 0) is 42.0 Å². The maximum Gasteiger partial charge on any atom is 0.223 e. The molecule has 1 aliphatic carbocycles. The molecule has 3 nitrogen and oxygen atoms in total. The lowest BCUT2D eigenvalue weighted by Gasteiger charge is -2.09. The minimum absolute atomic E-state index is 0.00102. The molecule has 7 heteroatoms. The minimum atomic E-state index is -0.537. The smallest absolute Gasteiger partial charge is 0.223 e. The third kappa shape index (κ3) is 2.61. The van der Waals surface area contributed by atoms with E-state index in [1.807, 2.05) is 0 Å². The molecule has 0 bridgehead atoms. The summed E-state index contributed by atoms with van der Waals surface area (Å²) in [6, 6.07) is 2.05. The highest BCUT2D eigenvalue weighted by Gasteiger charge is 2.24. The Morgan fingerprint density at radius 2 is 1.96 bits per heavy atom. The van der Waals surface area contributed by atoms with Crippen LogP contribution in [0.1, 0.15) is 37.2 Å². The van der Waals surface area contributed by atoms with Gasteiger partial charge < -0.3 is 0 Å². The molecule has 1 fully saturated rings. The van der Waals surface area contributed by atoms with Gasteiger partial charge in [0.15, 0.2) is 5.82 Å². The summed E-state index contributed by atoms with van der Waals surface area (Å²) < 4.78 is 15.1. The zero-order valence-corrected chi connectivity index (χ0v) is 14.3. The molecule has 0 saturated heterocycles. The third-order valence-corrected chi connectivity index (χ3v) is 6.17. The van der Waals surface area contributed by atoms with E-state index in [9.17, 15) is 4.39 Å². The molecule has 0 amide bonds. The number of hydrogen-bond acceptors (Lipinski definition) is 4. The van der Waals surface area contributed by atoms with Crippen molar-refractivity contribution in [3.05, 3.63) is 40.1 Å². The molecule has 3 aromatic heterocycles. The normalized spacial score (nSPS) is 15.6. The van der Waals surface area contributed by atoms with E-state index in [4.69, 9.17) is 23.2 Å². The molecule has 0 aliphatic heterocycles. The van der Waals surface area contributed by atoms with Crippen molar-refractivity contribution in [2.45, 2.75) is 31.6 Å². The maximum atomic E-state index is 14.1. The van der Waals surface area contributed by atoms with Gasteiger partial charge in [-0.15, -0.1) is 11.3 Å². The van der Waals surface area contributed by atoms with Crippen molar-refractivity contribution < 1.29 is 4.39 Å². The number of thiophene rings is 1. The molecule has 0 radical (unpaired) electrons. The van der Waals surface area contributed by atoms with E-state index in [1.165, 1.54) is 42.6 Å². The Bertz CT molecular complexity index is 890. The highest BCUT2D eigenvalue weighted by molar-refractivity contribution is 7.23. The molecule has 1 saturated carbocycles. The van der Waals surface area contributed by atoms with Crippen LogP contribution in [0.5, 0.6) is 0 Å². The minimum Gasteiger partial charge on any atom is -0.254 e. The lowest BCUT2D eigenvalue weighted by Crippen LogP contribution is -1.92. The van der Waals surface area contributed by atoms with E-state index in [0.29, 0.717) is 21.3 Å². The summed E-state index contributed by atoms with van der Waals surface area (Å²) in [6.07, 6.45) is 7.70. The lowest BCUT2D eigenvalue weighted by molar-refractivity contribution is 0.618. The van der Waals surface area contributed by atoms with Gasteiger partial charge in [0.25, 0.3) is 0 Å². The number of rotatable bonds is 2. The maximum absolute atomic E-state index is 14.1. The molecular formula is C16H12Cl2FN3S. The van der Waals surface area contributed by atoms with Crippen LogP contribution in [-0.2, 0) is 0 Å². The van der Waals surface area contributed by atoms with E-state index in [0.717, 1.165) is 10.9 Å². The molecule has 0 atom stereocenters. The zero-order valence-electron chi connectivity index (χ0n) is 12.0. The van der Waals surface area contributed by atoms with Crippen molar-refractivity contribution in [2.24, 2.45) is 0 Å². The standard InChI is InChI=1S/C16H12Cl2FN3S/c17-11-13-14(9(5-6-20-13)8-3-1-2-4-8)23-15(11)12-10(19)7-21-16(18)22-12/h5-8H,1-4H2. The Hall–Kier alpha value is -1.30. The largest absolute Gasteiger partial charge is 0.254 e. The number of halogens is 3. The number of pyridine rings is 1. The Morgan fingerprint density at radius 1 is 1.17 bits per heavy atom. The van der Waals surface area contributed by atoms with Crippen molar-refractivity contribution >= 4 is 44.8 Å². The van der Waals surface area contributed by atoms with E-state index in [2.05, 4.69) is 21.0 Å². The summed E-state index contributed by atoms with van der Waals surface area (Å²) in [4.78, 5) is 12.6. The Balaban J connectivity index is 1.93. The van der Waals surface area contributed by atoms with Crippen molar-refractivity contribution in [3.8, 4) is 10.6 Å². The molecule has 4 rings (SSSR count). The topological polar surface area (TPSA) is 38.7 Å². The molecule has 0 N–H and O–H groups in total. The first-order valence-corrected chi connectivity index (χ1v) is 8.97. The zero-order chi connectivity index (χ0) is 16.0. The van der Waals surface area contributed by atoms with E-state index in [-0.39, 0.29) is 11.0 Å². The fourth-order valence-corrected chi connectivity index (χ4v) is 4.97. The van der Waals surface area contributed by atoms with E-state index < -0.39 is 5.82 Å². The van der Waals surface area contributed by atoms with Gasteiger partial charge in [0.2, 0.25) is 5.28 Å². The highest BCUT2D eigenvalue weighted by Crippen LogP contribution is 2.46. The molecule has 3 heterocycles. The van der Waals surface area contributed by atoms with Crippen LogP contribution in [0.2, 0.25) is 10.3 Å². The van der Waals surface area contributed by atoms with Gasteiger partial charge in [0.1, 0.15) is 11.2 Å². The molecular weight excluding hydrogens is 356 g/mol. The third-order valence-electron chi connectivity index (χ3n) is 4.27. The fraction of sp³-hybridized carbons (Fsp3) is 0.312. The predicted molar refractivity (Wildman–Crippen MR) is 91.8 cm³/mol. The van der Waals surface area contributed by atoms with Crippen molar-refractivity contribution in [3.63, 3.8) is 0 Å². The van der Waals surface area contributed by atoms with Crippen LogP contribution >= 0.6 is 34.5 Å². The van der Waals surface area contributed by atoms with Gasteiger partial charge in [-0.25, -0.2) is 14.4 Å². The van der Waals surface area contributed by atoms with Crippen molar-refractivity contribution in [1.29, 1.82) is 0 Å². The van der Waals surface area contributed by atoms with Gasteiger partial charge >= 0.3 is 0 Å². The second-order valence-corrected chi connectivity index (χ2v) is 7.38. The number of fused-ring (bicyclic) bond motifs is 1. The van der Waals surface area contributed by atoms with Crippen LogP contribution in [0.4, 0.5) is 4.39 Å². The SMILES string of the molecule is Fc1cnc(Cl)nc1-c1sc2c(C3CCCC3)ccnc2c1Cl. The van der Waals surface area contributed by atoms with Crippen LogP contribution in [0.3, 0.4) is 0 Å². The van der Waals surface area contributed by atoms with Gasteiger partial charge in [0, 0.05) is 6.20 Å². The van der Waals surface area contributed by atoms with Gasteiger partial charge in [0.05, 0.1) is 20.8 Å².